The van der Waals surface area contributed by atoms with Crippen molar-refractivity contribution in [3.05, 3.63) is 47.0 Å². The number of carbonyl (C=O) groups excluding carboxylic acids is 1. The third-order valence-electron chi connectivity index (χ3n) is 9.84. The number of rotatable bonds is 20. The van der Waals surface area contributed by atoms with Gasteiger partial charge in [0.1, 0.15) is 77.4 Å². The summed E-state index contributed by atoms with van der Waals surface area (Å²) in [5.74, 6) is -1.37. The lowest BCUT2D eigenvalue weighted by atomic mass is 9.97. The van der Waals surface area contributed by atoms with E-state index in [4.69, 9.17) is 23.7 Å². The largest absolute Gasteiger partial charge is 0.508 e. The lowest BCUT2D eigenvalue weighted by Crippen LogP contribution is -2.62. The fourth-order valence-corrected chi connectivity index (χ4v) is 6.71. The Morgan fingerprint density at radius 3 is 1.87 bits per heavy atom. The summed E-state index contributed by atoms with van der Waals surface area (Å²) in [6.07, 6.45) is -5.72. The summed E-state index contributed by atoms with van der Waals surface area (Å²) < 4.78 is 28.4. The number of aryl methyl sites for hydroxylation is 2. The molecule has 0 spiro atoms. The molecule has 54 heavy (non-hydrogen) atoms. The number of hydrogen-bond donors (Lipinski definition) is 9. The van der Waals surface area contributed by atoms with Crippen LogP contribution in [0.1, 0.15) is 99.5 Å². The second kappa shape index (κ2) is 21.3. The first kappa shape index (κ1) is 43.6. The monoisotopic (exact) mass is 766 g/mol. The van der Waals surface area contributed by atoms with Gasteiger partial charge in [-0.15, -0.1) is 0 Å². The van der Waals surface area contributed by atoms with E-state index in [1.807, 2.05) is 0 Å². The van der Waals surface area contributed by atoms with Crippen molar-refractivity contribution in [2.75, 3.05) is 13.2 Å². The quantitative estimate of drug-likeness (QED) is 0.0534. The zero-order chi connectivity index (χ0) is 39.4. The molecule has 0 amide bonds. The van der Waals surface area contributed by atoms with Crippen molar-refractivity contribution in [3.8, 4) is 23.0 Å². The molecule has 0 aliphatic carbocycles. The van der Waals surface area contributed by atoms with E-state index in [2.05, 4.69) is 13.8 Å². The third kappa shape index (κ3) is 11.7. The summed E-state index contributed by atoms with van der Waals surface area (Å²) in [5, 5.41) is 93.6. The Balaban J connectivity index is 1.57. The highest BCUT2D eigenvalue weighted by Crippen LogP contribution is 2.35. The van der Waals surface area contributed by atoms with Crippen molar-refractivity contribution >= 4 is 5.97 Å². The van der Waals surface area contributed by atoms with Gasteiger partial charge in [-0.05, 0) is 55.0 Å². The van der Waals surface area contributed by atoms with Crippen LogP contribution in [0.15, 0.2) is 30.3 Å². The van der Waals surface area contributed by atoms with Crippen molar-refractivity contribution in [1.29, 1.82) is 0 Å². The summed E-state index contributed by atoms with van der Waals surface area (Å²) in [4.78, 5) is 14.0. The zero-order valence-corrected chi connectivity index (χ0v) is 31.0. The second-order valence-corrected chi connectivity index (χ2v) is 14.2. The van der Waals surface area contributed by atoms with Gasteiger partial charge in [0.25, 0.3) is 0 Å². The molecule has 0 bridgehead atoms. The highest BCUT2D eigenvalue weighted by molar-refractivity contribution is 5.96. The molecule has 2 aromatic rings. The zero-order valence-electron chi connectivity index (χ0n) is 31.0. The molecule has 0 radical (unpaired) electrons. The molecule has 2 fully saturated rings. The fraction of sp³-hybridized carbons (Fsp3) is 0.667. The molecule has 2 heterocycles. The Labute approximate surface area is 315 Å². The molecule has 2 aromatic carbocycles. The first-order chi connectivity index (χ1) is 25.9. The summed E-state index contributed by atoms with van der Waals surface area (Å²) in [7, 11) is 0. The number of ether oxygens (including phenoxy) is 5. The van der Waals surface area contributed by atoms with Gasteiger partial charge in [-0.3, -0.25) is 0 Å². The summed E-state index contributed by atoms with van der Waals surface area (Å²) >= 11 is 0. The smallest absolute Gasteiger partial charge is 0.347 e. The van der Waals surface area contributed by atoms with Gasteiger partial charge in [-0.25, -0.2) is 4.79 Å². The third-order valence-corrected chi connectivity index (χ3v) is 9.84. The molecule has 2 aliphatic heterocycles. The molecule has 2 aliphatic rings. The number of hydrogen-bond acceptors (Lipinski definition) is 15. The molecule has 10 atom stereocenters. The number of phenolic OH excluding ortho intramolecular Hbond substituents is 2. The minimum atomic E-state index is -1.86. The van der Waals surface area contributed by atoms with Crippen molar-refractivity contribution in [1.82, 2.24) is 0 Å². The van der Waals surface area contributed by atoms with Crippen molar-refractivity contribution in [2.45, 2.75) is 152 Å². The number of aliphatic hydroxyl groups excluding tert-OH is 7. The fourth-order valence-electron chi connectivity index (χ4n) is 6.71. The molecule has 0 aromatic heterocycles. The Bertz CT molecular complexity index is 1450. The van der Waals surface area contributed by atoms with E-state index in [1.165, 1.54) is 12.1 Å². The Morgan fingerprint density at radius 2 is 1.22 bits per heavy atom. The standard InChI is InChI=1S/C39H58O15/c1-3-5-7-9-11-13-22-15-24(41)18-26(16-22)51-37(49)30-23(14-12-10-8-6-4-2)17-25(42)19-27(30)52-39-36(48)34(46)32(44)29(54-39)21-50-38-35(47)33(45)31(43)28(20-40)53-38/h15-19,28-29,31-36,38-48H,3-14,20-21H2,1-2H3. The van der Waals surface area contributed by atoms with Crippen LogP contribution in [0, 0.1) is 0 Å². The van der Waals surface area contributed by atoms with Gasteiger partial charge in [0, 0.05) is 12.1 Å². The van der Waals surface area contributed by atoms with E-state index >= 15 is 0 Å². The van der Waals surface area contributed by atoms with Crippen LogP contribution in [-0.4, -0.2) is 127 Å². The molecular formula is C39H58O15. The molecule has 9 N–H and O–H groups in total. The van der Waals surface area contributed by atoms with Gasteiger partial charge in [0.05, 0.1) is 13.2 Å². The summed E-state index contributed by atoms with van der Waals surface area (Å²) in [5.41, 5.74) is 1.09. The van der Waals surface area contributed by atoms with E-state index in [0.717, 1.165) is 69.4 Å². The molecule has 15 nitrogen and oxygen atoms in total. The van der Waals surface area contributed by atoms with Crippen molar-refractivity contribution < 1.29 is 74.4 Å². The van der Waals surface area contributed by atoms with Crippen LogP contribution in [0.5, 0.6) is 23.0 Å². The lowest BCUT2D eigenvalue weighted by molar-refractivity contribution is -0.323. The topological polar surface area (TPSA) is 245 Å². The van der Waals surface area contributed by atoms with Crippen LogP contribution in [-0.2, 0) is 27.1 Å². The van der Waals surface area contributed by atoms with E-state index in [0.29, 0.717) is 24.8 Å². The van der Waals surface area contributed by atoms with E-state index in [-0.39, 0.29) is 28.6 Å². The van der Waals surface area contributed by atoms with E-state index in [1.54, 1.807) is 12.1 Å². The van der Waals surface area contributed by atoms with Gasteiger partial charge in [-0.2, -0.15) is 0 Å². The van der Waals surface area contributed by atoms with Gasteiger partial charge >= 0.3 is 5.97 Å². The first-order valence-electron chi connectivity index (χ1n) is 19.1. The van der Waals surface area contributed by atoms with Gasteiger partial charge < -0.3 is 69.6 Å². The van der Waals surface area contributed by atoms with Crippen LogP contribution in [0.4, 0.5) is 0 Å². The average Bonchev–Trinajstić information content (AvgIpc) is 3.13. The maximum Gasteiger partial charge on any atom is 0.347 e. The van der Waals surface area contributed by atoms with E-state index < -0.39 is 80.6 Å². The number of esters is 1. The molecule has 0 saturated carbocycles. The summed E-state index contributed by atoms with van der Waals surface area (Å²) in [6.45, 7) is 2.94. The Morgan fingerprint density at radius 1 is 0.648 bits per heavy atom. The van der Waals surface area contributed by atoms with Gasteiger partial charge in [0.2, 0.25) is 6.29 Å². The number of phenols is 2. The molecule has 4 rings (SSSR count). The highest BCUT2D eigenvalue weighted by atomic mass is 16.7. The minimum Gasteiger partial charge on any atom is -0.508 e. The van der Waals surface area contributed by atoms with Crippen LogP contribution in [0.25, 0.3) is 0 Å². The SMILES string of the molecule is CCCCCCCc1cc(O)cc(OC(=O)c2c(CCCCCCC)cc(O)cc2OC2OC(COC3OC(CO)C(O)C(O)C3O)C(O)C(O)C2O)c1. The second-order valence-electron chi connectivity index (χ2n) is 14.2. The maximum absolute atomic E-state index is 14.0. The average molecular weight is 767 g/mol. The van der Waals surface area contributed by atoms with Crippen LogP contribution in [0.2, 0.25) is 0 Å². The maximum atomic E-state index is 14.0. The number of aliphatic hydroxyl groups is 7. The molecule has 2 saturated heterocycles. The normalized spacial score (nSPS) is 28.5. The predicted molar refractivity (Wildman–Crippen MR) is 193 cm³/mol. The van der Waals surface area contributed by atoms with E-state index in [9.17, 15) is 50.8 Å². The Hall–Kier alpha value is -3.09. The highest BCUT2D eigenvalue weighted by Gasteiger charge is 2.48. The number of carbonyl (C=O) groups is 1. The van der Waals surface area contributed by atoms with Crippen molar-refractivity contribution in [3.63, 3.8) is 0 Å². The first-order valence-corrected chi connectivity index (χ1v) is 19.1. The molecule has 10 unspecified atom stereocenters. The minimum absolute atomic E-state index is 0.0783. The Kier molecular flexibility index (Phi) is 17.2. The number of aromatic hydroxyl groups is 2. The van der Waals surface area contributed by atoms with Gasteiger partial charge in [0.15, 0.2) is 6.29 Å². The van der Waals surface area contributed by atoms with Crippen molar-refractivity contribution in [2.24, 2.45) is 0 Å². The number of benzene rings is 2. The lowest BCUT2D eigenvalue weighted by Gasteiger charge is -2.42. The molecular weight excluding hydrogens is 708 g/mol. The van der Waals surface area contributed by atoms with Gasteiger partial charge in [-0.1, -0.05) is 65.2 Å². The molecule has 15 heteroatoms. The number of unbranched alkanes of at least 4 members (excludes halogenated alkanes) is 8. The van der Waals surface area contributed by atoms with Crippen LogP contribution >= 0.6 is 0 Å². The van der Waals surface area contributed by atoms with Crippen LogP contribution in [0.3, 0.4) is 0 Å². The molecule has 304 valence electrons. The predicted octanol–water partition coefficient (Wildman–Crippen LogP) is 2.35. The summed E-state index contributed by atoms with van der Waals surface area (Å²) in [6, 6.07) is 7.16. The van der Waals surface area contributed by atoms with Crippen LogP contribution < -0.4 is 9.47 Å².